The minimum absolute atomic E-state index is 0.119. The summed E-state index contributed by atoms with van der Waals surface area (Å²) in [5.74, 6) is 0.222. The van der Waals surface area contributed by atoms with Crippen LogP contribution in [-0.4, -0.2) is 0 Å². The Kier molecular flexibility index (Phi) is 5.34. The Morgan fingerprint density at radius 1 is 1.16 bits per heavy atom. The van der Waals surface area contributed by atoms with Gasteiger partial charge in [0, 0.05) is 5.69 Å². The molecule has 0 amide bonds. The van der Waals surface area contributed by atoms with Crippen molar-refractivity contribution in [3.05, 3.63) is 41.2 Å². The molecule has 2 aromatic rings. The first kappa shape index (κ1) is 15.5. The molecule has 0 bridgehead atoms. The monoisotopic (exact) mass is 261 g/mol. The van der Waals surface area contributed by atoms with E-state index in [1.165, 1.54) is 6.07 Å². The zero-order valence-corrected chi connectivity index (χ0v) is 12.5. The largest absolute Gasteiger partial charge is 0.399 e. The molecule has 0 saturated carbocycles. The first-order chi connectivity index (χ1) is 9.04. The van der Waals surface area contributed by atoms with Crippen LogP contribution in [0, 0.1) is 5.82 Å². The van der Waals surface area contributed by atoms with Crippen molar-refractivity contribution in [1.82, 2.24) is 0 Å². The summed E-state index contributed by atoms with van der Waals surface area (Å²) in [5, 5.41) is 2.07. The molecule has 0 aliphatic rings. The number of fused-ring (bicyclic) bond motifs is 1. The first-order valence-corrected chi connectivity index (χ1v) is 7.05. The van der Waals surface area contributed by atoms with Crippen molar-refractivity contribution in [3.63, 3.8) is 0 Å². The predicted molar refractivity (Wildman–Crippen MR) is 83.1 cm³/mol. The number of anilines is 1. The van der Waals surface area contributed by atoms with E-state index in [2.05, 4.69) is 13.8 Å². The van der Waals surface area contributed by atoms with Gasteiger partial charge in [-0.3, -0.25) is 0 Å². The highest BCUT2D eigenvalue weighted by Crippen LogP contribution is 2.32. The van der Waals surface area contributed by atoms with Crippen LogP contribution in [0.3, 0.4) is 0 Å². The molecule has 0 saturated heterocycles. The average molecular weight is 261 g/mol. The van der Waals surface area contributed by atoms with E-state index in [9.17, 15) is 4.39 Å². The van der Waals surface area contributed by atoms with Gasteiger partial charge < -0.3 is 5.73 Å². The fourth-order valence-electron chi connectivity index (χ4n) is 2.38. The van der Waals surface area contributed by atoms with E-state index in [0.717, 1.165) is 27.6 Å². The minimum Gasteiger partial charge on any atom is -0.399 e. The van der Waals surface area contributed by atoms with Gasteiger partial charge in [0.2, 0.25) is 0 Å². The van der Waals surface area contributed by atoms with Crippen molar-refractivity contribution >= 4 is 16.5 Å². The molecule has 1 nitrogen and oxygen atoms in total. The highest BCUT2D eigenvalue weighted by atomic mass is 19.1. The molecule has 0 unspecified atom stereocenters. The maximum absolute atomic E-state index is 13.8. The van der Waals surface area contributed by atoms with Crippen molar-refractivity contribution in [2.75, 3.05) is 5.73 Å². The first-order valence-electron chi connectivity index (χ1n) is 7.05. The van der Waals surface area contributed by atoms with E-state index in [1.807, 2.05) is 39.0 Å². The molecule has 0 spiro atoms. The lowest BCUT2D eigenvalue weighted by Crippen LogP contribution is -1.98. The van der Waals surface area contributed by atoms with Crippen molar-refractivity contribution in [2.24, 2.45) is 0 Å². The number of benzene rings is 2. The zero-order valence-electron chi connectivity index (χ0n) is 12.5. The quantitative estimate of drug-likeness (QED) is 0.732. The molecule has 0 aromatic heterocycles. The Bertz CT molecular complexity index is 559. The molecule has 0 aliphatic heterocycles. The van der Waals surface area contributed by atoms with Crippen LogP contribution in [0.5, 0.6) is 0 Å². The molecule has 19 heavy (non-hydrogen) atoms. The Labute approximate surface area is 115 Å². The number of hydrogen-bond donors (Lipinski definition) is 1. The standard InChI is InChI=1S/C15H18FN.C2H6/c1-4-12-14(16)6-5-10-7-11(17)8-13(9(2)3)15(10)12;1-2/h5-9H,4,17H2,1-3H3;1-2H3. The van der Waals surface area contributed by atoms with Crippen molar-refractivity contribution < 1.29 is 4.39 Å². The molecular formula is C17H24FN. The van der Waals surface area contributed by atoms with Crippen LogP contribution in [0.2, 0.25) is 0 Å². The SMILES string of the molecule is CC.CCc1c(F)ccc2cc(N)cc(C(C)C)c12. The van der Waals surface area contributed by atoms with Crippen LogP contribution in [0.15, 0.2) is 24.3 Å². The van der Waals surface area contributed by atoms with Crippen LogP contribution >= 0.6 is 0 Å². The maximum Gasteiger partial charge on any atom is 0.127 e. The smallest absolute Gasteiger partial charge is 0.127 e. The van der Waals surface area contributed by atoms with Crippen LogP contribution in [0.1, 0.15) is 51.7 Å². The third kappa shape index (κ3) is 3.06. The third-order valence-corrected chi connectivity index (χ3v) is 3.20. The topological polar surface area (TPSA) is 26.0 Å². The summed E-state index contributed by atoms with van der Waals surface area (Å²) in [6.45, 7) is 10.2. The van der Waals surface area contributed by atoms with Gasteiger partial charge in [0.15, 0.2) is 0 Å². The second-order valence-corrected chi connectivity index (χ2v) is 4.74. The van der Waals surface area contributed by atoms with Crippen molar-refractivity contribution in [2.45, 2.75) is 47.0 Å². The van der Waals surface area contributed by atoms with E-state index >= 15 is 0 Å². The molecule has 2 heteroatoms. The summed E-state index contributed by atoms with van der Waals surface area (Å²) in [7, 11) is 0. The number of nitrogen functional groups attached to an aromatic ring is 1. The van der Waals surface area contributed by atoms with Gasteiger partial charge in [0.1, 0.15) is 5.82 Å². The van der Waals surface area contributed by atoms with E-state index in [1.54, 1.807) is 0 Å². The van der Waals surface area contributed by atoms with Gasteiger partial charge in [0.25, 0.3) is 0 Å². The molecule has 2 rings (SSSR count). The van der Waals surface area contributed by atoms with Crippen molar-refractivity contribution in [1.29, 1.82) is 0 Å². The highest BCUT2D eigenvalue weighted by Gasteiger charge is 2.13. The molecule has 2 aromatic carbocycles. The Hall–Kier alpha value is -1.57. The Morgan fingerprint density at radius 2 is 1.79 bits per heavy atom. The van der Waals surface area contributed by atoms with E-state index in [4.69, 9.17) is 5.73 Å². The summed E-state index contributed by atoms with van der Waals surface area (Å²) in [5.41, 5.74) is 8.58. The molecule has 0 heterocycles. The third-order valence-electron chi connectivity index (χ3n) is 3.20. The number of halogens is 1. The van der Waals surface area contributed by atoms with Gasteiger partial charge >= 0.3 is 0 Å². The van der Waals surface area contributed by atoms with E-state index in [0.29, 0.717) is 12.3 Å². The van der Waals surface area contributed by atoms with Gasteiger partial charge in [-0.15, -0.1) is 0 Å². The summed E-state index contributed by atoms with van der Waals surface area (Å²) in [6.07, 6.45) is 0.701. The lowest BCUT2D eigenvalue weighted by Gasteiger charge is -2.15. The Balaban J connectivity index is 0.000000861. The predicted octanol–water partition coefficient (Wildman–Crippen LogP) is 5.27. The summed E-state index contributed by atoms with van der Waals surface area (Å²) in [6, 6.07) is 7.22. The molecular weight excluding hydrogens is 237 g/mol. The highest BCUT2D eigenvalue weighted by molar-refractivity contribution is 5.92. The van der Waals surface area contributed by atoms with Crippen LogP contribution in [0.4, 0.5) is 10.1 Å². The van der Waals surface area contributed by atoms with Crippen LogP contribution in [0.25, 0.3) is 10.8 Å². The Morgan fingerprint density at radius 3 is 2.32 bits per heavy atom. The van der Waals surface area contributed by atoms with Crippen LogP contribution < -0.4 is 5.73 Å². The maximum atomic E-state index is 13.8. The number of nitrogens with two attached hydrogens (primary N) is 1. The normalized spacial score (nSPS) is 10.5. The van der Waals surface area contributed by atoms with E-state index < -0.39 is 0 Å². The summed E-state index contributed by atoms with van der Waals surface area (Å²) in [4.78, 5) is 0. The van der Waals surface area contributed by atoms with Crippen LogP contribution in [-0.2, 0) is 6.42 Å². The van der Waals surface area contributed by atoms with Gasteiger partial charge in [-0.1, -0.05) is 40.7 Å². The van der Waals surface area contributed by atoms with Gasteiger partial charge in [-0.25, -0.2) is 4.39 Å². The molecule has 0 fully saturated rings. The number of aryl methyl sites for hydroxylation is 1. The number of rotatable bonds is 2. The molecule has 0 atom stereocenters. The fourth-order valence-corrected chi connectivity index (χ4v) is 2.38. The van der Waals surface area contributed by atoms with E-state index in [-0.39, 0.29) is 5.82 Å². The fraction of sp³-hybridized carbons (Fsp3) is 0.412. The van der Waals surface area contributed by atoms with Crippen molar-refractivity contribution in [3.8, 4) is 0 Å². The van der Waals surface area contributed by atoms with Gasteiger partial charge in [-0.05, 0) is 52.4 Å². The summed E-state index contributed by atoms with van der Waals surface area (Å²) < 4.78 is 13.8. The lowest BCUT2D eigenvalue weighted by molar-refractivity contribution is 0.614. The average Bonchev–Trinajstić information content (AvgIpc) is 2.40. The molecule has 2 N–H and O–H groups in total. The molecule has 0 radical (unpaired) electrons. The lowest BCUT2D eigenvalue weighted by atomic mass is 9.91. The van der Waals surface area contributed by atoms with Gasteiger partial charge in [0.05, 0.1) is 0 Å². The summed E-state index contributed by atoms with van der Waals surface area (Å²) >= 11 is 0. The second kappa shape index (κ2) is 6.55. The zero-order chi connectivity index (χ0) is 14.6. The second-order valence-electron chi connectivity index (χ2n) is 4.74. The van der Waals surface area contributed by atoms with Gasteiger partial charge in [-0.2, -0.15) is 0 Å². The number of hydrogen-bond acceptors (Lipinski definition) is 1. The molecule has 104 valence electrons. The minimum atomic E-state index is -0.119. The molecule has 0 aliphatic carbocycles.